The lowest BCUT2D eigenvalue weighted by atomic mass is 9.85. The highest BCUT2D eigenvalue weighted by Crippen LogP contribution is 2.44. The molecule has 1 saturated carbocycles. The zero-order chi connectivity index (χ0) is 36.3. The Morgan fingerprint density at radius 1 is 0.473 bits per heavy atom. The Balaban J connectivity index is 0.931. The Morgan fingerprint density at radius 2 is 1.13 bits per heavy atom. The van der Waals surface area contributed by atoms with Gasteiger partial charge in [-0.2, -0.15) is 0 Å². The lowest BCUT2D eigenvalue weighted by molar-refractivity contribution is 0.298. The van der Waals surface area contributed by atoms with Crippen LogP contribution in [-0.4, -0.2) is 29.5 Å². The standard InChI is InChI=1S/C47H34N6O2/c1-3-12-29(13-4-1)43-50-44(30-14-5-2-6-15-30)52-45(51-43)31-23-25-42-38(28-31)49-46(55-42)32-16-11-17-34(26-32)53-39-20-9-7-18-35(39)36-27-33(22-24-40(36)53)47-48-37-19-8-10-21-41(37)54-47/h1-10,12-15,18-25,27-28,32,34H,11,16-17,26H2. The summed E-state index contributed by atoms with van der Waals surface area (Å²) in [6.45, 7) is 0. The number of fused-ring (bicyclic) bond motifs is 5. The van der Waals surface area contributed by atoms with Crippen molar-refractivity contribution >= 4 is 44.0 Å². The minimum atomic E-state index is 0.191. The molecule has 55 heavy (non-hydrogen) atoms. The fraction of sp³-hybridized carbons (Fsp3) is 0.128. The first-order valence-corrected chi connectivity index (χ1v) is 18.9. The van der Waals surface area contributed by atoms with Crippen LogP contribution in [0.25, 0.3) is 89.6 Å². The molecule has 0 spiro atoms. The molecule has 264 valence electrons. The van der Waals surface area contributed by atoms with E-state index in [0.717, 1.165) is 76.0 Å². The van der Waals surface area contributed by atoms with Gasteiger partial charge < -0.3 is 13.4 Å². The monoisotopic (exact) mass is 714 g/mol. The topological polar surface area (TPSA) is 95.7 Å². The van der Waals surface area contributed by atoms with Crippen LogP contribution in [0.4, 0.5) is 0 Å². The summed E-state index contributed by atoms with van der Waals surface area (Å²) < 4.78 is 15.2. The molecule has 0 radical (unpaired) electrons. The van der Waals surface area contributed by atoms with E-state index in [-0.39, 0.29) is 5.92 Å². The van der Waals surface area contributed by atoms with Gasteiger partial charge in [0.05, 0.1) is 0 Å². The summed E-state index contributed by atoms with van der Waals surface area (Å²) in [4.78, 5) is 24.6. The SMILES string of the molecule is c1ccc(-c2nc(-c3ccccc3)nc(-c3ccc4oc(C5CCCC(n6c7ccccc7c7cc(-c8nc9ccccc9o8)ccc76)C5)nc4c3)n2)cc1. The van der Waals surface area contributed by atoms with E-state index in [2.05, 4.69) is 47.0 Å². The van der Waals surface area contributed by atoms with Crippen molar-refractivity contribution in [3.05, 3.63) is 151 Å². The molecular formula is C47H34N6O2. The first-order valence-electron chi connectivity index (χ1n) is 18.9. The largest absolute Gasteiger partial charge is 0.440 e. The molecule has 4 heterocycles. The van der Waals surface area contributed by atoms with Gasteiger partial charge in [0.15, 0.2) is 34.5 Å². The van der Waals surface area contributed by atoms with Crippen LogP contribution in [0.5, 0.6) is 0 Å². The van der Waals surface area contributed by atoms with E-state index in [0.29, 0.717) is 29.4 Å². The number of hydrogen-bond donors (Lipinski definition) is 0. The molecular weight excluding hydrogens is 681 g/mol. The van der Waals surface area contributed by atoms with Crippen molar-refractivity contribution in [1.29, 1.82) is 0 Å². The summed E-state index contributed by atoms with van der Waals surface area (Å²) >= 11 is 0. The van der Waals surface area contributed by atoms with E-state index in [1.54, 1.807) is 0 Å². The van der Waals surface area contributed by atoms with Crippen LogP contribution in [-0.2, 0) is 0 Å². The smallest absolute Gasteiger partial charge is 0.227 e. The number of hydrogen-bond acceptors (Lipinski definition) is 7. The molecule has 4 aromatic heterocycles. The normalized spacial score (nSPS) is 16.1. The van der Waals surface area contributed by atoms with Gasteiger partial charge in [-0.15, -0.1) is 0 Å². The van der Waals surface area contributed by atoms with Gasteiger partial charge in [-0.3, -0.25) is 0 Å². The molecule has 0 bridgehead atoms. The van der Waals surface area contributed by atoms with Gasteiger partial charge in [-0.05, 0) is 73.9 Å². The van der Waals surface area contributed by atoms with Crippen molar-refractivity contribution in [3.63, 3.8) is 0 Å². The number of para-hydroxylation sites is 3. The molecule has 0 N–H and O–H groups in total. The zero-order valence-electron chi connectivity index (χ0n) is 29.8. The van der Waals surface area contributed by atoms with Crippen LogP contribution in [0.1, 0.15) is 43.5 Å². The number of aromatic nitrogens is 6. The molecule has 0 amide bonds. The minimum absolute atomic E-state index is 0.191. The number of rotatable bonds is 6. The summed E-state index contributed by atoms with van der Waals surface area (Å²) in [6.07, 6.45) is 4.15. The molecule has 0 saturated heterocycles. The van der Waals surface area contributed by atoms with E-state index in [4.69, 9.17) is 33.8 Å². The quantitative estimate of drug-likeness (QED) is 0.169. The van der Waals surface area contributed by atoms with Crippen LogP contribution < -0.4 is 0 Å². The van der Waals surface area contributed by atoms with Crippen molar-refractivity contribution in [1.82, 2.24) is 29.5 Å². The average molecular weight is 715 g/mol. The van der Waals surface area contributed by atoms with Crippen LogP contribution >= 0.6 is 0 Å². The third-order valence-electron chi connectivity index (χ3n) is 11.0. The van der Waals surface area contributed by atoms with E-state index < -0.39 is 0 Å². The van der Waals surface area contributed by atoms with Crippen molar-refractivity contribution < 1.29 is 8.83 Å². The van der Waals surface area contributed by atoms with Gasteiger partial charge in [-0.1, -0.05) is 97.4 Å². The summed E-state index contributed by atoms with van der Waals surface area (Å²) in [5.74, 6) is 3.48. The molecule has 11 rings (SSSR count). The second-order valence-corrected chi connectivity index (χ2v) is 14.4. The van der Waals surface area contributed by atoms with Crippen molar-refractivity contribution in [2.75, 3.05) is 0 Å². The number of nitrogens with zero attached hydrogens (tertiary/aromatic N) is 6. The van der Waals surface area contributed by atoms with Gasteiger partial charge >= 0.3 is 0 Å². The minimum Gasteiger partial charge on any atom is -0.440 e. The Labute approximate surface area is 316 Å². The van der Waals surface area contributed by atoms with Gasteiger partial charge in [0.25, 0.3) is 0 Å². The summed E-state index contributed by atoms with van der Waals surface area (Å²) in [5, 5.41) is 2.44. The van der Waals surface area contributed by atoms with Gasteiger partial charge in [0.2, 0.25) is 5.89 Å². The molecule has 6 aromatic carbocycles. The highest BCUT2D eigenvalue weighted by molar-refractivity contribution is 6.09. The predicted molar refractivity (Wildman–Crippen MR) is 216 cm³/mol. The second-order valence-electron chi connectivity index (χ2n) is 14.4. The Hall–Kier alpha value is -6.93. The summed E-state index contributed by atoms with van der Waals surface area (Å²) in [7, 11) is 0. The molecule has 2 atom stereocenters. The van der Waals surface area contributed by atoms with Gasteiger partial charge in [0.1, 0.15) is 11.0 Å². The van der Waals surface area contributed by atoms with Crippen LogP contribution in [0, 0.1) is 0 Å². The van der Waals surface area contributed by atoms with Crippen molar-refractivity contribution in [3.8, 4) is 45.6 Å². The highest BCUT2D eigenvalue weighted by Gasteiger charge is 2.30. The molecule has 1 fully saturated rings. The highest BCUT2D eigenvalue weighted by atomic mass is 16.4. The van der Waals surface area contributed by atoms with Gasteiger partial charge in [0, 0.05) is 56.0 Å². The molecule has 10 aromatic rings. The maximum atomic E-state index is 6.52. The van der Waals surface area contributed by atoms with Crippen molar-refractivity contribution in [2.45, 2.75) is 37.6 Å². The maximum absolute atomic E-state index is 6.52. The van der Waals surface area contributed by atoms with Crippen LogP contribution in [0.15, 0.2) is 154 Å². The Morgan fingerprint density at radius 3 is 1.91 bits per heavy atom. The summed E-state index contributed by atoms with van der Waals surface area (Å²) in [6, 6.07) is 49.7. The zero-order valence-corrected chi connectivity index (χ0v) is 29.8. The molecule has 1 aliphatic carbocycles. The fourth-order valence-corrected chi connectivity index (χ4v) is 8.34. The van der Waals surface area contributed by atoms with Gasteiger partial charge in [-0.25, -0.2) is 24.9 Å². The van der Waals surface area contributed by atoms with E-state index in [1.165, 1.54) is 21.8 Å². The lowest BCUT2D eigenvalue weighted by Gasteiger charge is -2.30. The lowest BCUT2D eigenvalue weighted by Crippen LogP contribution is -2.18. The third kappa shape index (κ3) is 5.57. The number of oxazole rings is 2. The van der Waals surface area contributed by atoms with E-state index >= 15 is 0 Å². The average Bonchev–Trinajstić information content (AvgIpc) is 3.98. The number of benzene rings is 6. The Kier molecular flexibility index (Phi) is 7.40. The maximum Gasteiger partial charge on any atom is 0.227 e. The first-order chi connectivity index (χ1) is 27.2. The van der Waals surface area contributed by atoms with Crippen LogP contribution in [0.2, 0.25) is 0 Å². The van der Waals surface area contributed by atoms with E-state index in [1.807, 2.05) is 103 Å². The Bertz CT molecular complexity index is 2930. The molecule has 8 heteroatoms. The molecule has 1 aliphatic rings. The predicted octanol–water partition coefficient (Wildman–Crippen LogP) is 11.8. The molecule has 8 nitrogen and oxygen atoms in total. The van der Waals surface area contributed by atoms with E-state index in [9.17, 15) is 0 Å². The summed E-state index contributed by atoms with van der Waals surface area (Å²) in [5.41, 5.74) is 9.41. The van der Waals surface area contributed by atoms with Crippen LogP contribution in [0.3, 0.4) is 0 Å². The fourth-order valence-electron chi connectivity index (χ4n) is 8.34. The second kappa shape index (κ2) is 12.9. The molecule has 2 unspecified atom stereocenters. The molecule has 0 aliphatic heterocycles. The first kappa shape index (κ1) is 31.6. The van der Waals surface area contributed by atoms with Crippen molar-refractivity contribution in [2.24, 2.45) is 0 Å². The third-order valence-corrected chi connectivity index (χ3v) is 11.0.